The lowest BCUT2D eigenvalue weighted by molar-refractivity contribution is -0.137. The number of oxime groups is 1. The lowest BCUT2D eigenvalue weighted by Crippen LogP contribution is -2.45. The number of nitrogens with zero attached hydrogens (tertiary/aromatic N) is 2. The van der Waals surface area contributed by atoms with Crippen LogP contribution < -0.4 is 11.1 Å². The van der Waals surface area contributed by atoms with Gasteiger partial charge in [0.15, 0.2) is 5.84 Å². The number of hydrogen-bond donors (Lipinski definition) is 3. The Labute approximate surface area is 101 Å². The van der Waals surface area contributed by atoms with Crippen LogP contribution >= 0.6 is 0 Å². The molecule has 1 atom stereocenters. The minimum Gasteiger partial charge on any atom is -0.409 e. The summed E-state index contributed by atoms with van der Waals surface area (Å²) < 4.78 is 0. The monoisotopic (exact) mass is 244 g/mol. The molecule has 98 valence electrons. The van der Waals surface area contributed by atoms with Gasteiger partial charge < -0.3 is 21.2 Å². The number of hydrogen-bond acceptors (Lipinski definition) is 4. The van der Waals surface area contributed by atoms with Crippen LogP contribution in [0.5, 0.6) is 0 Å². The van der Waals surface area contributed by atoms with Gasteiger partial charge in [0, 0.05) is 14.1 Å². The van der Waals surface area contributed by atoms with Crippen LogP contribution in [0.25, 0.3) is 0 Å². The van der Waals surface area contributed by atoms with Crippen molar-refractivity contribution in [2.45, 2.75) is 13.8 Å². The third-order valence-corrected chi connectivity index (χ3v) is 2.40. The maximum atomic E-state index is 12.0. The summed E-state index contributed by atoms with van der Waals surface area (Å²) in [5, 5.41) is 13.9. The van der Waals surface area contributed by atoms with Gasteiger partial charge in [0.2, 0.25) is 11.8 Å². The highest BCUT2D eigenvalue weighted by molar-refractivity contribution is 6.03. The third kappa shape index (κ3) is 4.29. The molecule has 0 aromatic heterocycles. The minimum absolute atomic E-state index is 0.0583. The normalized spacial score (nSPS) is 13.4. The molecule has 2 amide bonds. The van der Waals surface area contributed by atoms with Crippen molar-refractivity contribution in [3.05, 3.63) is 0 Å². The minimum atomic E-state index is -0.727. The Hall–Kier alpha value is -1.79. The van der Waals surface area contributed by atoms with Crippen molar-refractivity contribution in [2.24, 2.45) is 22.7 Å². The van der Waals surface area contributed by atoms with Gasteiger partial charge in [-0.05, 0) is 5.92 Å². The van der Waals surface area contributed by atoms with Crippen molar-refractivity contribution in [1.82, 2.24) is 10.2 Å². The van der Waals surface area contributed by atoms with Crippen molar-refractivity contribution >= 4 is 17.6 Å². The van der Waals surface area contributed by atoms with Crippen LogP contribution in [-0.4, -0.2) is 48.4 Å². The molecule has 0 fully saturated rings. The average molecular weight is 244 g/mol. The van der Waals surface area contributed by atoms with Crippen molar-refractivity contribution < 1.29 is 14.8 Å². The van der Waals surface area contributed by atoms with E-state index >= 15 is 0 Å². The summed E-state index contributed by atoms with van der Waals surface area (Å²) in [7, 11) is 2.99. The number of carbonyl (C=O) groups is 2. The summed E-state index contributed by atoms with van der Waals surface area (Å²) in [5.74, 6) is -1.62. The molecule has 0 heterocycles. The van der Waals surface area contributed by atoms with Gasteiger partial charge in [-0.15, -0.1) is 0 Å². The van der Waals surface area contributed by atoms with Gasteiger partial charge in [-0.3, -0.25) is 9.59 Å². The SMILES string of the molecule is CNC(=O)CN(C)C(=O)C(/C(N)=N/O)C(C)C. The van der Waals surface area contributed by atoms with Crippen LogP contribution in [0.2, 0.25) is 0 Å². The van der Waals surface area contributed by atoms with E-state index in [1.807, 2.05) is 0 Å². The molecule has 0 aliphatic heterocycles. The predicted octanol–water partition coefficient (Wildman–Crippen LogP) is -0.791. The first-order valence-corrected chi connectivity index (χ1v) is 5.28. The molecule has 17 heavy (non-hydrogen) atoms. The first-order valence-electron chi connectivity index (χ1n) is 5.28. The van der Waals surface area contributed by atoms with Gasteiger partial charge in [-0.25, -0.2) is 0 Å². The second-order valence-electron chi connectivity index (χ2n) is 4.11. The molecule has 0 spiro atoms. The summed E-state index contributed by atoms with van der Waals surface area (Å²) in [6, 6.07) is 0. The van der Waals surface area contributed by atoms with Crippen LogP contribution in [0.15, 0.2) is 5.16 Å². The molecule has 1 unspecified atom stereocenters. The molecular weight excluding hydrogens is 224 g/mol. The Morgan fingerprint density at radius 1 is 1.47 bits per heavy atom. The van der Waals surface area contributed by atoms with Gasteiger partial charge in [0.25, 0.3) is 0 Å². The molecule has 7 nitrogen and oxygen atoms in total. The predicted molar refractivity (Wildman–Crippen MR) is 63.4 cm³/mol. The third-order valence-electron chi connectivity index (χ3n) is 2.40. The van der Waals surface area contributed by atoms with E-state index in [-0.39, 0.29) is 30.1 Å². The second kappa shape index (κ2) is 6.72. The van der Waals surface area contributed by atoms with Crippen molar-refractivity contribution in [3.8, 4) is 0 Å². The highest BCUT2D eigenvalue weighted by Gasteiger charge is 2.29. The van der Waals surface area contributed by atoms with Gasteiger partial charge in [-0.1, -0.05) is 19.0 Å². The highest BCUT2D eigenvalue weighted by atomic mass is 16.4. The fraction of sp³-hybridized carbons (Fsp3) is 0.700. The largest absolute Gasteiger partial charge is 0.409 e. The molecule has 0 rings (SSSR count). The van der Waals surface area contributed by atoms with Crippen LogP contribution in [0.4, 0.5) is 0 Å². The van der Waals surface area contributed by atoms with Gasteiger partial charge in [-0.2, -0.15) is 0 Å². The number of rotatable bonds is 5. The van der Waals surface area contributed by atoms with E-state index in [0.717, 1.165) is 0 Å². The first kappa shape index (κ1) is 15.2. The van der Waals surface area contributed by atoms with E-state index in [9.17, 15) is 9.59 Å². The Bertz CT molecular complexity index is 315. The molecule has 0 aliphatic rings. The fourth-order valence-corrected chi connectivity index (χ4v) is 1.43. The standard InChI is InChI=1S/C10H20N4O3/c1-6(2)8(9(11)13-17)10(16)14(4)5-7(15)12-3/h6,8,17H,5H2,1-4H3,(H2,11,13)(H,12,15). The van der Waals surface area contributed by atoms with Crippen LogP contribution in [0.3, 0.4) is 0 Å². The Morgan fingerprint density at radius 2 is 2.00 bits per heavy atom. The van der Waals surface area contributed by atoms with Gasteiger partial charge in [0.1, 0.15) is 5.92 Å². The maximum Gasteiger partial charge on any atom is 0.239 e. The lowest BCUT2D eigenvalue weighted by atomic mass is 9.93. The second-order valence-corrected chi connectivity index (χ2v) is 4.11. The Balaban J connectivity index is 4.79. The summed E-state index contributed by atoms with van der Waals surface area (Å²) in [4.78, 5) is 24.4. The van der Waals surface area contributed by atoms with Crippen molar-refractivity contribution in [2.75, 3.05) is 20.6 Å². The quantitative estimate of drug-likeness (QED) is 0.255. The molecule has 0 bridgehead atoms. The topological polar surface area (TPSA) is 108 Å². The van der Waals surface area contributed by atoms with Gasteiger partial charge >= 0.3 is 0 Å². The van der Waals surface area contributed by atoms with E-state index in [2.05, 4.69) is 10.5 Å². The number of amidine groups is 1. The molecule has 0 aliphatic carbocycles. The molecule has 7 heteroatoms. The zero-order chi connectivity index (χ0) is 13.6. The fourth-order valence-electron chi connectivity index (χ4n) is 1.43. The lowest BCUT2D eigenvalue weighted by Gasteiger charge is -2.24. The first-order chi connectivity index (χ1) is 7.84. The maximum absolute atomic E-state index is 12.0. The van der Waals surface area contributed by atoms with E-state index in [0.29, 0.717) is 0 Å². The average Bonchev–Trinajstić information content (AvgIpc) is 2.27. The number of nitrogens with two attached hydrogens (primary N) is 1. The Morgan fingerprint density at radius 3 is 2.35 bits per heavy atom. The zero-order valence-electron chi connectivity index (χ0n) is 10.6. The van der Waals surface area contributed by atoms with Crippen LogP contribution in [0, 0.1) is 11.8 Å². The molecule has 0 radical (unpaired) electrons. The number of nitrogens with one attached hydrogen (secondary N) is 1. The number of carbonyl (C=O) groups excluding carboxylic acids is 2. The number of amides is 2. The van der Waals surface area contributed by atoms with E-state index in [4.69, 9.17) is 10.9 Å². The summed E-state index contributed by atoms with van der Waals surface area (Å²) in [6.07, 6.45) is 0. The molecule has 0 aromatic carbocycles. The molecule has 0 aromatic rings. The van der Waals surface area contributed by atoms with E-state index in [1.165, 1.54) is 19.0 Å². The molecule has 0 saturated heterocycles. The highest BCUT2D eigenvalue weighted by Crippen LogP contribution is 2.14. The summed E-state index contributed by atoms with van der Waals surface area (Å²) in [5.41, 5.74) is 5.47. The summed E-state index contributed by atoms with van der Waals surface area (Å²) in [6.45, 7) is 3.51. The van der Waals surface area contributed by atoms with Crippen LogP contribution in [0.1, 0.15) is 13.8 Å². The van der Waals surface area contributed by atoms with Gasteiger partial charge in [0.05, 0.1) is 6.54 Å². The summed E-state index contributed by atoms with van der Waals surface area (Å²) >= 11 is 0. The zero-order valence-corrected chi connectivity index (χ0v) is 10.6. The molecule has 0 saturated carbocycles. The Kier molecular flexibility index (Phi) is 6.01. The number of likely N-dealkylation sites (N-methyl/N-ethyl adjacent to an activating group) is 2. The van der Waals surface area contributed by atoms with E-state index < -0.39 is 5.92 Å². The molecule has 4 N–H and O–H groups in total. The van der Waals surface area contributed by atoms with Crippen molar-refractivity contribution in [1.29, 1.82) is 0 Å². The van der Waals surface area contributed by atoms with E-state index in [1.54, 1.807) is 13.8 Å². The molecular formula is C10H20N4O3. The van der Waals surface area contributed by atoms with Crippen LogP contribution in [-0.2, 0) is 9.59 Å². The smallest absolute Gasteiger partial charge is 0.239 e. The van der Waals surface area contributed by atoms with Crippen molar-refractivity contribution in [3.63, 3.8) is 0 Å².